The molecule has 0 radical (unpaired) electrons. The number of carbonyl (C=O) groups is 2. The molecule has 3 aliphatic carbocycles. The molecule has 6 rings (SSSR count). The molecule has 4 fully saturated rings. The summed E-state index contributed by atoms with van der Waals surface area (Å²) in [5.74, 6) is 3.81. The van der Waals surface area contributed by atoms with Crippen molar-refractivity contribution in [2.45, 2.75) is 77.9 Å². The minimum Gasteiger partial charge on any atom is -0.490 e. The first-order valence-electron chi connectivity index (χ1n) is 14.6. The maximum absolute atomic E-state index is 12.5. The minimum atomic E-state index is -0.103. The van der Waals surface area contributed by atoms with Gasteiger partial charge in [0.15, 0.2) is 0 Å². The fourth-order valence-electron chi connectivity index (χ4n) is 9.18. The minimum absolute atomic E-state index is 0.103. The van der Waals surface area contributed by atoms with Crippen LogP contribution in [-0.2, 0) is 4.79 Å². The largest absolute Gasteiger partial charge is 0.490 e. The monoisotopic (exact) mass is 514 g/mol. The number of likely N-dealkylation sites (tertiary alicyclic amines) is 1. The van der Waals surface area contributed by atoms with E-state index in [4.69, 9.17) is 4.74 Å². The number of amides is 2. The Bertz CT molecular complexity index is 1200. The lowest BCUT2D eigenvalue weighted by Crippen LogP contribution is -2.63. The second-order valence-electron chi connectivity index (χ2n) is 13.1. The van der Waals surface area contributed by atoms with Gasteiger partial charge in [0.1, 0.15) is 11.9 Å². The predicted molar refractivity (Wildman–Crippen MR) is 150 cm³/mol. The summed E-state index contributed by atoms with van der Waals surface area (Å²) >= 11 is 0. The van der Waals surface area contributed by atoms with Crippen molar-refractivity contribution in [3.8, 4) is 5.75 Å². The van der Waals surface area contributed by atoms with E-state index < -0.39 is 0 Å². The molecule has 202 valence electrons. The van der Waals surface area contributed by atoms with Crippen molar-refractivity contribution in [3.05, 3.63) is 60.2 Å². The molecule has 8 atom stereocenters. The Morgan fingerprint density at radius 2 is 1.66 bits per heavy atom. The summed E-state index contributed by atoms with van der Waals surface area (Å²) in [6.07, 6.45) is 7.86. The average molecular weight is 515 g/mol. The summed E-state index contributed by atoms with van der Waals surface area (Å²) < 4.78 is 6.70. The topological polar surface area (TPSA) is 58.6 Å². The van der Waals surface area contributed by atoms with Crippen LogP contribution in [0.3, 0.4) is 0 Å². The molecule has 3 saturated carbocycles. The van der Waals surface area contributed by atoms with E-state index in [1.807, 2.05) is 61.6 Å². The first-order chi connectivity index (χ1) is 18.2. The van der Waals surface area contributed by atoms with Gasteiger partial charge in [-0.15, -0.1) is 0 Å². The lowest BCUT2D eigenvalue weighted by molar-refractivity contribution is -0.168. The molecule has 2 aromatic carbocycles. The maximum atomic E-state index is 12.5. The smallest absolute Gasteiger partial charge is 0.255 e. The standard InChI is InChI=1S/C33H42N2O3/c1-21-20-27-32(2,19-17-29(36)35(27)4)26-16-18-33(3)25(30(21)26)14-15-28(33)38-24-12-10-23(11-13-24)34-31(37)22-8-6-5-7-9-22/h5-13,21,25-28,30H,14-20H2,1-4H3,(H,34,37)/t21?,25-,26+,27?,28?,30-,32+,33-/m0/s1. The van der Waals surface area contributed by atoms with Crippen molar-refractivity contribution in [1.29, 1.82) is 0 Å². The fourth-order valence-corrected chi connectivity index (χ4v) is 9.18. The van der Waals surface area contributed by atoms with Crippen molar-refractivity contribution < 1.29 is 14.3 Å². The zero-order chi connectivity index (χ0) is 26.7. The summed E-state index contributed by atoms with van der Waals surface area (Å²) in [4.78, 5) is 27.1. The number of ether oxygens (including phenoxy) is 1. The van der Waals surface area contributed by atoms with E-state index in [1.165, 1.54) is 19.3 Å². The third-order valence-electron chi connectivity index (χ3n) is 11.3. The summed E-state index contributed by atoms with van der Waals surface area (Å²) in [6.45, 7) is 7.43. The number of hydrogen-bond donors (Lipinski definition) is 1. The number of anilines is 1. The van der Waals surface area contributed by atoms with Crippen LogP contribution in [0.25, 0.3) is 0 Å². The molecule has 3 unspecified atom stereocenters. The van der Waals surface area contributed by atoms with Gasteiger partial charge in [0.25, 0.3) is 5.91 Å². The van der Waals surface area contributed by atoms with E-state index in [0.29, 0.717) is 47.6 Å². The summed E-state index contributed by atoms with van der Waals surface area (Å²) in [5, 5.41) is 2.98. The quantitative estimate of drug-likeness (QED) is 0.488. The van der Waals surface area contributed by atoms with Gasteiger partial charge in [-0.25, -0.2) is 0 Å². The molecule has 1 saturated heterocycles. The Balaban J connectivity index is 1.15. The lowest BCUT2D eigenvalue weighted by atomic mass is 9.45. The molecule has 0 bridgehead atoms. The third kappa shape index (κ3) is 4.04. The van der Waals surface area contributed by atoms with Gasteiger partial charge in [-0.1, -0.05) is 39.0 Å². The Labute approximate surface area is 227 Å². The zero-order valence-corrected chi connectivity index (χ0v) is 23.3. The van der Waals surface area contributed by atoms with Crippen LogP contribution in [0, 0.1) is 34.5 Å². The molecule has 2 aromatic rings. The number of fused-ring (bicyclic) bond motifs is 5. The van der Waals surface area contributed by atoms with Gasteiger partial charge in [0, 0.05) is 36.2 Å². The maximum Gasteiger partial charge on any atom is 0.255 e. The molecule has 1 heterocycles. The fraction of sp³-hybridized carbons (Fsp3) is 0.576. The zero-order valence-electron chi connectivity index (χ0n) is 23.3. The van der Waals surface area contributed by atoms with E-state index in [1.54, 1.807) is 0 Å². The summed E-state index contributed by atoms with van der Waals surface area (Å²) in [5.41, 5.74) is 1.84. The van der Waals surface area contributed by atoms with Gasteiger partial charge < -0.3 is 15.0 Å². The Kier molecular flexibility index (Phi) is 6.32. The number of nitrogens with one attached hydrogen (secondary N) is 1. The Hall–Kier alpha value is -2.82. The van der Waals surface area contributed by atoms with Crippen LogP contribution in [0.4, 0.5) is 5.69 Å². The molecule has 5 heteroatoms. The van der Waals surface area contributed by atoms with Gasteiger partial charge in [-0.2, -0.15) is 0 Å². The van der Waals surface area contributed by atoms with Gasteiger partial charge in [0.05, 0.1) is 0 Å². The van der Waals surface area contributed by atoms with E-state index in [0.717, 1.165) is 30.7 Å². The second kappa shape index (κ2) is 9.43. The van der Waals surface area contributed by atoms with E-state index in [2.05, 4.69) is 31.0 Å². The number of nitrogens with zero attached hydrogens (tertiary/aromatic N) is 1. The number of hydrogen-bond acceptors (Lipinski definition) is 3. The molecule has 0 aromatic heterocycles. The highest BCUT2D eigenvalue weighted by molar-refractivity contribution is 6.04. The van der Waals surface area contributed by atoms with Crippen LogP contribution >= 0.6 is 0 Å². The Morgan fingerprint density at radius 1 is 0.947 bits per heavy atom. The molecule has 0 spiro atoms. The van der Waals surface area contributed by atoms with Crippen LogP contribution in [0.15, 0.2) is 54.6 Å². The SMILES string of the molecule is CC1CC2N(C)C(=O)CC[C@]2(C)[C@@H]2CC[C@]3(C)C(Oc4ccc(NC(=O)c5ccccc5)cc4)CC[C@H]3[C@H]12. The molecular formula is C33H42N2O3. The van der Waals surface area contributed by atoms with Gasteiger partial charge in [0.2, 0.25) is 5.91 Å². The highest BCUT2D eigenvalue weighted by Crippen LogP contribution is 2.66. The van der Waals surface area contributed by atoms with Crippen LogP contribution in [0.2, 0.25) is 0 Å². The Morgan fingerprint density at radius 3 is 2.39 bits per heavy atom. The molecule has 1 aliphatic heterocycles. The average Bonchev–Trinajstić information content (AvgIpc) is 3.25. The van der Waals surface area contributed by atoms with Crippen LogP contribution < -0.4 is 10.1 Å². The highest BCUT2D eigenvalue weighted by Gasteiger charge is 2.63. The van der Waals surface area contributed by atoms with Gasteiger partial charge in [-0.05, 0) is 104 Å². The number of benzene rings is 2. The van der Waals surface area contributed by atoms with Crippen molar-refractivity contribution in [2.75, 3.05) is 12.4 Å². The number of rotatable bonds is 4. The molecule has 5 nitrogen and oxygen atoms in total. The molecule has 2 amide bonds. The number of carbonyl (C=O) groups excluding carboxylic acids is 2. The summed E-state index contributed by atoms with van der Waals surface area (Å²) in [7, 11) is 2.04. The third-order valence-corrected chi connectivity index (χ3v) is 11.3. The molecule has 38 heavy (non-hydrogen) atoms. The van der Waals surface area contributed by atoms with Crippen molar-refractivity contribution in [2.24, 2.45) is 34.5 Å². The first kappa shape index (κ1) is 25.5. The van der Waals surface area contributed by atoms with E-state index in [9.17, 15) is 9.59 Å². The molecule has 1 N–H and O–H groups in total. The van der Waals surface area contributed by atoms with Crippen molar-refractivity contribution in [3.63, 3.8) is 0 Å². The van der Waals surface area contributed by atoms with Crippen LogP contribution in [0.5, 0.6) is 5.75 Å². The normalized spacial score (nSPS) is 38.1. The first-order valence-corrected chi connectivity index (χ1v) is 14.6. The van der Waals surface area contributed by atoms with Crippen LogP contribution in [-0.4, -0.2) is 35.9 Å². The number of piperidine rings is 1. The summed E-state index contributed by atoms with van der Waals surface area (Å²) in [6, 6.07) is 17.5. The molecular weight excluding hydrogens is 472 g/mol. The van der Waals surface area contributed by atoms with Crippen molar-refractivity contribution >= 4 is 17.5 Å². The van der Waals surface area contributed by atoms with Gasteiger partial charge in [-0.3, -0.25) is 9.59 Å². The van der Waals surface area contributed by atoms with Gasteiger partial charge >= 0.3 is 0 Å². The lowest BCUT2D eigenvalue weighted by Gasteiger charge is -2.63. The van der Waals surface area contributed by atoms with E-state index >= 15 is 0 Å². The van der Waals surface area contributed by atoms with Crippen LogP contribution in [0.1, 0.15) is 76.1 Å². The predicted octanol–water partition coefficient (Wildman–Crippen LogP) is 6.80. The highest BCUT2D eigenvalue weighted by atomic mass is 16.5. The van der Waals surface area contributed by atoms with E-state index in [-0.39, 0.29) is 22.8 Å². The molecule has 4 aliphatic rings. The second-order valence-corrected chi connectivity index (χ2v) is 13.1. The van der Waals surface area contributed by atoms with Crippen molar-refractivity contribution in [1.82, 2.24) is 4.90 Å².